The molecular formula is C15H16N2O2. The number of nitrogens with zero attached hydrogens (tertiary/aromatic N) is 1. The van der Waals surface area contributed by atoms with Crippen molar-refractivity contribution in [2.75, 3.05) is 17.7 Å². The molecule has 0 bridgehead atoms. The number of anilines is 2. The van der Waals surface area contributed by atoms with Gasteiger partial charge in [-0.15, -0.1) is 0 Å². The largest absolute Gasteiger partial charge is 0.508 e. The summed E-state index contributed by atoms with van der Waals surface area (Å²) in [5.41, 5.74) is 7.67. The molecule has 1 amide bonds. The molecule has 19 heavy (non-hydrogen) atoms. The number of rotatable bonds is 3. The van der Waals surface area contributed by atoms with Crippen LogP contribution in [0.5, 0.6) is 5.75 Å². The number of nitrogen functional groups attached to an aromatic ring is 1. The second-order valence-electron chi connectivity index (χ2n) is 4.32. The average Bonchev–Trinajstić information content (AvgIpc) is 2.41. The predicted molar refractivity (Wildman–Crippen MR) is 76.1 cm³/mol. The zero-order valence-corrected chi connectivity index (χ0v) is 10.7. The van der Waals surface area contributed by atoms with Crippen LogP contribution in [-0.4, -0.2) is 18.1 Å². The SMILES string of the molecule is CN(C(=O)Cc1ccccc1O)c1ccccc1N. The van der Waals surface area contributed by atoms with Gasteiger partial charge in [0.05, 0.1) is 17.8 Å². The van der Waals surface area contributed by atoms with Gasteiger partial charge in [0.1, 0.15) is 5.75 Å². The van der Waals surface area contributed by atoms with Crippen molar-refractivity contribution in [2.45, 2.75) is 6.42 Å². The number of hydrogen-bond donors (Lipinski definition) is 2. The Labute approximate surface area is 112 Å². The van der Waals surface area contributed by atoms with E-state index in [0.717, 1.165) is 0 Å². The molecule has 0 atom stereocenters. The summed E-state index contributed by atoms with van der Waals surface area (Å²) in [5, 5.41) is 9.67. The van der Waals surface area contributed by atoms with Crippen LogP contribution in [0.2, 0.25) is 0 Å². The van der Waals surface area contributed by atoms with Crippen LogP contribution in [0, 0.1) is 0 Å². The summed E-state index contributed by atoms with van der Waals surface area (Å²) >= 11 is 0. The van der Waals surface area contributed by atoms with Crippen LogP contribution < -0.4 is 10.6 Å². The summed E-state index contributed by atoms with van der Waals surface area (Å²) in [7, 11) is 1.67. The average molecular weight is 256 g/mol. The number of nitrogens with two attached hydrogens (primary N) is 1. The molecule has 0 spiro atoms. The lowest BCUT2D eigenvalue weighted by Crippen LogP contribution is -2.28. The fourth-order valence-corrected chi connectivity index (χ4v) is 1.87. The Hall–Kier alpha value is -2.49. The van der Waals surface area contributed by atoms with E-state index in [9.17, 15) is 9.90 Å². The van der Waals surface area contributed by atoms with Gasteiger partial charge in [0, 0.05) is 12.6 Å². The van der Waals surface area contributed by atoms with Crippen LogP contribution >= 0.6 is 0 Å². The maximum Gasteiger partial charge on any atom is 0.231 e. The van der Waals surface area contributed by atoms with E-state index >= 15 is 0 Å². The van der Waals surface area contributed by atoms with Crippen LogP contribution in [-0.2, 0) is 11.2 Å². The highest BCUT2D eigenvalue weighted by atomic mass is 16.3. The summed E-state index contributed by atoms with van der Waals surface area (Å²) in [5.74, 6) is 0.00434. The van der Waals surface area contributed by atoms with Crippen molar-refractivity contribution in [1.29, 1.82) is 0 Å². The Morgan fingerprint density at radius 1 is 1.16 bits per heavy atom. The number of para-hydroxylation sites is 3. The minimum absolute atomic E-state index is 0.126. The van der Waals surface area contributed by atoms with Gasteiger partial charge >= 0.3 is 0 Å². The smallest absolute Gasteiger partial charge is 0.231 e. The van der Waals surface area contributed by atoms with E-state index in [-0.39, 0.29) is 18.1 Å². The van der Waals surface area contributed by atoms with Crippen molar-refractivity contribution in [3.8, 4) is 5.75 Å². The molecule has 4 heteroatoms. The van der Waals surface area contributed by atoms with E-state index in [1.165, 1.54) is 4.90 Å². The van der Waals surface area contributed by atoms with E-state index in [1.54, 1.807) is 43.4 Å². The zero-order valence-electron chi connectivity index (χ0n) is 10.7. The van der Waals surface area contributed by atoms with Crippen LogP contribution in [0.3, 0.4) is 0 Å². The molecule has 2 rings (SSSR count). The molecule has 0 aromatic heterocycles. The molecule has 0 saturated heterocycles. The van der Waals surface area contributed by atoms with Crippen molar-refractivity contribution >= 4 is 17.3 Å². The molecule has 0 heterocycles. The van der Waals surface area contributed by atoms with Crippen molar-refractivity contribution in [3.05, 3.63) is 54.1 Å². The minimum Gasteiger partial charge on any atom is -0.508 e. The number of carbonyl (C=O) groups is 1. The summed E-state index contributed by atoms with van der Waals surface area (Å²) in [6.07, 6.45) is 0.136. The maximum absolute atomic E-state index is 12.2. The molecule has 0 radical (unpaired) electrons. The van der Waals surface area contributed by atoms with Gasteiger partial charge in [-0.3, -0.25) is 4.79 Å². The fraction of sp³-hybridized carbons (Fsp3) is 0.133. The van der Waals surface area contributed by atoms with Gasteiger partial charge in [0.25, 0.3) is 0 Å². The number of benzene rings is 2. The lowest BCUT2D eigenvalue weighted by atomic mass is 10.1. The van der Waals surface area contributed by atoms with E-state index in [0.29, 0.717) is 16.9 Å². The molecule has 0 saturated carbocycles. The third-order valence-corrected chi connectivity index (χ3v) is 3.01. The Morgan fingerprint density at radius 3 is 2.47 bits per heavy atom. The van der Waals surface area contributed by atoms with E-state index in [4.69, 9.17) is 5.73 Å². The first kappa shape index (κ1) is 13.0. The lowest BCUT2D eigenvalue weighted by Gasteiger charge is -2.19. The number of aromatic hydroxyl groups is 1. The van der Waals surface area contributed by atoms with Gasteiger partial charge in [-0.05, 0) is 18.2 Å². The van der Waals surface area contributed by atoms with Crippen molar-refractivity contribution in [3.63, 3.8) is 0 Å². The summed E-state index contributed by atoms with van der Waals surface area (Å²) in [4.78, 5) is 13.7. The Bertz CT molecular complexity index is 596. The van der Waals surface area contributed by atoms with Gasteiger partial charge in [0.15, 0.2) is 0 Å². The molecule has 98 valence electrons. The van der Waals surface area contributed by atoms with Gasteiger partial charge in [-0.2, -0.15) is 0 Å². The van der Waals surface area contributed by atoms with Crippen LogP contribution in [0.4, 0.5) is 11.4 Å². The van der Waals surface area contributed by atoms with Gasteiger partial charge in [-0.25, -0.2) is 0 Å². The van der Waals surface area contributed by atoms with Crippen molar-refractivity contribution in [1.82, 2.24) is 0 Å². The van der Waals surface area contributed by atoms with E-state index in [1.807, 2.05) is 12.1 Å². The highest BCUT2D eigenvalue weighted by Crippen LogP contribution is 2.23. The molecule has 3 N–H and O–H groups in total. The lowest BCUT2D eigenvalue weighted by molar-refractivity contribution is -0.117. The normalized spacial score (nSPS) is 10.2. The molecule has 0 aliphatic carbocycles. The second-order valence-corrected chi connectivity index (χ2v) is 4.32. The maximum atomic E-state index is 12.2. The van der Waals surface area contributed by atoms with Crippen LogP contribution in [0.15, 0.2) is 48.5 Å². The number of amides is 1. The Kier molecular flexibility index (Phi) is 3.71. The number of carbonyl (C=O) groups excluding carboxylic acids is 1. The van der Waals surface area contributed by atoms with E-state index in [2.05, 4.69) is 0 Å². The van der Waals surface area contributed by atoms with Crippen molar-refractivity contribution < 1.29 is 9.90 Å². The Balaban J connectivity index is 2.17. The summed E-state index contributed by atoms with van der Waals surface area (Å²) in [6, 6.07) is 14.0. The highest BCUT2D eigenvalue weighted by Gasteiger charge is 2.15. The highest BCUT2D eigenvalue weighted by molar-refractivity contribution is 5.97. The summed E-state index contributed by atoms with van der Waals surface area (Å²) in [6.45, 7) is 0. The van der Waals surface area contributed by atoms with Crippen LogP contribution in [0.25, 0.3) is 0 Å². The number of phenolic OH excluding ortho intramolecular Hbond substituents is 1. The molecular weight excluding hydrogens is 240 g/mol. The van der Waals surface area contributed by atoms with Crippen molar-refractivity contribution in [2.24, 2.45) is 0 Å². The molecule has 0 aliphatic rings. The molecule has 2 aromatic rings. The third-order valence-electron chi connectivity index (χ3n) is 3.01. The first-order valence-electron chi connectivity index (χ1n) is 5.97. The number of phenols is 1. The first-order chi connectivity index (χ1) is 9.09. The molecule has 0 fully saturated rings. The van der Waals surface area contributed by atoms with Gasteiger partial charge < -0.3 is 15.7 Å². The standard InChI is InChI=1S/C15H16N2O2/c1-17(13-8-4-3-7-12(13)16)15(19)10-11-6-2-5-9-14(11)18/h2-9,18H,10,16H2,1H3. The zero-order chi connectivity index (χ0) is 13.8. The topological polar surface area (TPSA) is 66.6 Å². The quantitative estimate of drug-likeness (QED) is 0.827. The number of likely N-dealkylation sites (N-methyl/N-ethyl adjacent to an activating group) is 1. The van der Waals surface area contributed by atoms with Crippen LogP contribution in [0.1, 0.15) is 5.56 Å². The molecule has 0 aliphatic heterocycles. The molecule has 0 unspecified atom stereocenters. The second kappa shape index (κ2) is 5.44. The monoisotopic (exact) mass is 256 g/mol. The number of hydrogen-bond acceptors (Lipinski definition) is 3. The Morgan fingerprint density at radius 2 is 1.79 bits per heavy atom. The molecule has 2 aromatic carbocycles. The molecule has 4 nitrogen and oxygen atoms in total. The third kappa shape index (κ3) is 2.85. The van der Waals surface area contributed by atoms with Gasteiger partial charge in [0.2, 0.25) is 5.91 Å². The first-order valence-corrected chi connectivity index (χ1v) is 5.97. The fourth-order valence-electron chi connectivity index (χ4n) is 1.87. The predicted octanol–water partition coefficient (Wildman–Crippen LogP) is 2.18. The van der Waals surface area contributed by atoms with E-state index < -0.39 is 0 Å². The minimum atomic E-state index is -0.126. The summed E-state index contributed by atoms with van der Waals surface area (Å²) < 4.78 is 0. The van der Waals surface area contributed by atoms with Gasteiger partial charge in [-0.1, -0.05) is 30.3 Å².